The predicted octanol–water partition coefficient (Wildman–Crippen LogP) is 1.90. The molecule has 1 heterocycles. The average molecular weight is 266 g/mol. The molecule has 1 amide bonds. The number of hydrogen-bond acceptors (Lipinski definition) is 4. The summed E-state index contributed by atoms with van der Waals surface area (Å²) in [6.45, 7) is 0. The van der Waals surface area contributed by atoms with Gasteiger partial charge in [-0.25, -0.2) is 0 Å². The molecular weight excluding hydrogens is 248 g/mol. The molecule has 3 N–H and O–H groups in total. The van der Waals surface area contributed by atoms with Crippen LogP contribution in [-0.2, 0) is 0 Å². The van der Waals surface area contributed by atoms with Crippen molar-refractivity contribution in [2.45, 2.75) is 18.9 Å². The minimum Gasteiger partial charge on any atom is -0.495 e. The first-order valence-corrected chi connectivity index (χ1v) is 7.18. The summed E-state index contributed by atoms with van der Waals surface area (Å²) in [7, 11) is 1.56. The molecule has 0 bridgehead atoms. The number of nitrogens with two attached hydrogens (primary N) is 1. The van der Waals surface area contributed by atoms with Crippen molar-refractivity contribution in [3.63, 3.8) is 0 Å². The van der Waals surface area contributed by atoms with Gasteiger partial charge in [0.1, 0.15) is 5.75 Å². The molecule has 0 radical (unpaired) electrons. The summed E-state index contributed by atoms with van der Waals surface area (Å²) >= 11 is 1.89. The van der Waals surface area contributed by atoms with E-state index in [1.165, 1.54) is 12.2 Å². The smallest absolute Gasteiger partial charge is 0.251 e. The van der Waals surface area contributed by atoms with Crippen molar-refractivity contribution >= 4 is 23.4 Å². The predicted molar refractivity (Wildman–Crippen MR) is 75.2 cm³/mol. The van der Waals surface area contributed by atoms with Crippen molar-refractivity contribution < 1.29 is 9.53 Å². The van der Waals surface area contributed by atoms with Crippen LogP contribution in [-0.4, -0.2) is 30.6 Å². The van der Waals surface area contributed by atoms with Crippen LogP contribution in [0.4, 0.5) is 5.69 Å². The van der Waals surface area contributed by atoms with Gasteiger partial charge in [0.05, 0.1) is 12.8 Å². The molecule has 0 saturated carbocycles. The van der Waals surface area contributed by atoms with Crippen LogP contribution >= 0.6 is 11.8 Å². The highest BCUT2D eigenvalue weighted by molar-refractivity contribution is 7.99. The van der Waals surface area contributed by atoms with E-state index in [2.05, 4.69) is 5.32 Å². The third-order valence-electron chi connectivity index (χ3n) is 2.99. The fourth-order valence-corrected chi connectivity index (χ4v) is 3.07. The monoisotopic (exact) mass is 266 g/mol. The van der Waals surface area contributed by atoms with E-state index < -0.39 is 0 Å². The van der Waals surface area contributed by atoms with Crippen molar-refractivity contribution in [2.75, 3.05) is 24.3 Å². The molecule has 1 unspecified atom stereocenters. The van der Waals surface area contributed by atoms with Crippen LogP contribution in [0, 0.1) is 0 Å². The summed E-state index contributed by atoms with van der Waals surface area (Å²) in [6.07, 6.45) is 2.23. The second-order valence-corrected chi connectivity index (χ2v) is 5.49. The molecular formula is C13H18N2O2S. The average Bonchev–Trinajstić information content (AvgIpc) is 2.39. The van der Waals surface area contributed by atoms with E-state index in [-0.39, 0.29) is 11.9 Å². The summed E-state index contributed by atoms with van der Waals surface area (Å²) in [5, 5.41) is 3.04. The first kappa shape index (κ1) is 13.1. The number of hydrogen-bond donors (Lipinski definition) is 2. The first-order chi connectivity index (χ1) is 8.70. The number of nitrogen functional groups attached to an aromatic ring is 1. The zero-order chi connectivity index (χ0) is 13.0. The molecule has 1 fully saturated rings. The van der Waals surface area contributed by atoms with E-state index in [1.54, 1.807) is 25.3 Å². The van der Waals surface area contributed by atoms with E-state index in [0.717, 1.165) is 12.2 Å². The molecule has 0 aromatic heterocycles. The number of ether oxygens (including phenoxy) is 1. The van der Waals surface area contributed by atoms with Crippen molar-refractivity contribution in [3.05, 3.63) is 23.8 Å². The maximum atomic E-state index is 12.0. The second-order valence-electron chi connectivity index (χ2n) is 4.34. The Morgan fingerprint density at radius 3 is 3.00 bits per heavy atom. The van der Waals surface area contributed by atoms with Crippen LogP contribution in [0.2, 0.25) is 0 Å². The summed E-state index contributed by atoms with van der Waals surface area (Å²) in [6, 6.07) is 5.39. The highest BCUT2D eigenvalue weighted by Crippen LogP contribution is 2.22. The van der Waals surface area contributed by atoms with Gasteiger partial charge in [0.2, 0.25) is 0 Å². The molecule has 0 aliphatic carbocycles. The van der Waals surface area contributed by atoms with E-state index >= 15 is 0 Å². The standard InChI is InChI=1S/C13H18N2O2S/c1-17-12-5-4-9(7-11(12)14)13(16)15-10-3-2-6-18-8-10/h4-5,7,10H,2-3,6,8,14H2,1H3,(H,15,16). The molecule has 1 saturated heterocycles. The van der Waals surface area contributed by atoms with Gasteiger partial charge in [-0.05, 0) is 36.8 Å². The highest BCUT2D eigenvalue weighted by atomic mass is 32.2. The van der Waals surface area contributed by atoms with Crippen LogP contribution in [0.15, 0.2) is 18.2 Å². The Kier molecular flexibility index (Phi) is 4.36. The normalized spacial score (nSPS) is 19.3. The Morgan fingerprint density at radius 1 is 1.56 bits per heavy atom. The van der Waals surface area contributed by atoms with Gasteiger partial charge < -0.3 is 15.8 Å². The van der Waals surface area contributed by atoms with E-state index in [4.69, 9.17) is 10.5 Å². The number of anilines is 1. The van der Waals surface area contributed by atoms with Crippen LogP contribution in [0.1, 0.15) is 23.2 Å². The van der Waals surface area contributed by atoms with Gasteiger partial charge >= 0.3 is 0 Å². The van der Waals surface area contributed by atoms with Gasteiger partial charge in [-0.1, -0.05) is 0 Å². The molecule has 98 valence electrons. The van der Waals surface area contributed by atoms with Gasteiger partial charge in [-0.15, -0.1) is 0 Å². The molecule has 1 aromatic carbocycles. The number of thioether (sulfide) groups is 1. The quantitative estimate of drug-likeness (QED) is 0.820. The summed E-state index contributed by atoms with van der Waals surface area (Å²) < 4.78 is 5.07. The number of methoxy groups -OCH3 is 1. The third kappa shape index (κ3) is 3.10. The summed E-state index contributed by atoms with van der Waals surface area (Å²) in [4.78, 5) is 12.0. The molecule has 1 atom stereocenters. The molecule has 5 heteroatoms. The number of carbonyl (C=O) groups excluding carboxylic acids is 1. The van der Waals surface area contributed by atoms with Crippen LogP contribution in [0.25, 0.3) is 0 Å². The molecule has 18 heavy (non-hydrogen) atoms. The van der Waals surface area contributed by atoms with Crippen LogP contribution in [0.5, 0.6) is 5.75 Å². The molecule has 1 aromatic rings. The maximum Gasteiger partial charge on any atom is 0.251 e. The molecule has 2 rings (SSSR count). The lowest BCUT2D eigenvalue weighted by molar-refractivity contribution is 0.0938. The third-order valence-corrected chi connectivity index (χ3v) is 4.20. The summed E-state index contributed by atoms with van der Waals surface area (Å²) in [5.41, 5.74) is 6.87. The number of rotatable bonds is 3. The fourth-order valence-electron chi connectivity index (χ4n) is 2.00. The van der Waals surface area contributed by atoms with Crippen LogP contribution in [0.3, 0.4) is 0 Å². The largest absolute Gasteiger partial charge is 0.495 e. The Labute approximate surface area is 111 Å². The Bertz CT molecular complexity index is 431. The fraction of sp³-hybridized carbons (Fsp3) is 0.462. The lowest BCUT2D eigenvalue weighted by Crippen LogP contribution is -2.38. The van der Waals surface area contributed by atoms with E-state index in [9.17, 15) is 4.79 Å². The molecule has 4 nitrogen and oxygen atoms in total. The number of carbonyl (C=O) groups is 1. The van der Waals surface area contributed by atoms with Crippen molar-refractivity contribution in [1.82, 2.24) is 5.32 Å². The van der Waals surface area contributed by atoms with Gasteiger partial charge in [-0.3, -0.25) is 4.79 Å². The topological polar surface area (TPSA) is 64.3 Å². The molecule has 0 spiro atoms. The second kappa shape index (κ2) is 6.00. The van der Waals surface area contributed by atoms with Crippen molar-refractivity contribution in [1.29, 1.82) is 0 Å². The molecule has 1 aliphatic rings. The zero-order valence-electron chi connectivity index (χ0n) is 10.4. The molecule has 1 aliphatic heterocycles. The summed E-state index contributed by atoms with van der Waals surface area (Å²) in [5.74, 6) is 2.73. The van der Waals surface area contributed by atoms with E-state index in [1.807, 2.05) is 11.8 Å². The van der Waals surface area contributed by atoms with Gasteiger partial charge in [0.25, 0.3) is 5.91 Å². The van der Waals surface area contributed by atoms with Gasteiger partial charge in [0.15, 0.2) is 0 Å². The Balaban J connectivity index is 2.01. The lowest BCUT2D eigenvalue weighted by atomic mass is 10.1. The van der Waals surface area contributed by atoms with Crippen molar-refractivity contribution in [2.24, 2.45) is 0 Å². The maximum absolute atomic E-state index is 12.0. The van der Waals surface area contributed by atoms with E-state index in [0.29, 0.717) is 17.0 Å². The zero-order valence-corrected chi connectivity index (χ0v) is 11.3. The van der Waals surface area contributed by atoms with Gasteiger partial charge in [-0.2, -0.15) is 11.8 Å². The minimum atomic E-state index is -0.0585. The number of benzene rings is 1. The lowest BCUT2D eigenvalue weighted by Gasteiger charge is -2.22. The SMILES string of the molecule is COc1ccc(C(=O)NC2CCCSC2)cc1N. The van der Waals surface area contributed by atoms with Gasteiger partial charge in [0, 0.05) is 17.4 Å². The Morgan fingerprint density at radius 2 is 2.39 bits per heavy atom. The number of nitrogens with one attached hydrogen (secondary N) is 1. The Hall–Kier alpha value is -1.36. The minimum absolute atomic E-state index is 0.0585. The van der Waals surface area contributed by atoms with Crippen molar-refractivity contribution in [3.8, 4) is 5.75 Å². The highest BCUT2D eigenvalue weighted by Gasteiger charge is 2.17. The van der Waals surface area contributed by atoms with Crippen LogP contribution < -0.4 is 15.8 Å². The first-order valence-electron chi connectivity index (χ1n) is 6.03. The number of amides is 1.